The van der Waals surface area contributed by atoms with Gasteiger partial charge < -0.3 is 15.5 Å². The standard InChI is InChI=1S/C20H33N5O/c1-4-12-21-20(22-14-19(26)24(2)3)23-18-11-8-13-25(16-18)15-17-9-6-5-7-10-17/h5-7,9-10,18H,4,8,11-16H2,1-3H3,(H2,21,22,23). The van der Waals surface area contributed by atoms with Crippen molar-refractivity contribution in [3.63, 3.8) is 0 Å². The van der Waals surface area contributed by atoms with Crippen molar-refractivity contribution < 1.29 is 4.79 Å². The molecule has 1 heterocycles. The monoisotopic (exact) mass is 359 g/mol. The Morgan fingerprint density at radius 2 is 2.08 bits per heavy atom. The zero-order valence-corrected chi connectivity index (χ0v) is 16.4. The third-order valence-corrected chi connectivity index (χ3v) is 4.51. The van der Waals surface area contributed by atoms with Crippen molar-refractivity contribution in [2.75, 3.05) is 40.3 Å². The number of likely N-dealkylation sites (tertiary alicyclic amines) is 1. The van der Waals surface area contributed by atoms with Crippen molar-refractivity contribution in [3.05, 3.63) is 35.9 Å². The van der Waals surface area contributed by atoms with E-state index in [1.807, 2.05) is 0 Å². The first-order valence-electron chi connectivity index (χ1n) is 9.59. The van der Waals surface area contributed by atoms with Crippen LogP contribution < -0.4 is 10.6 Å². The van der Waals surface area contributed by atoms with E-state index < -0.39 is 0 Å². The van der Waals surface area contributed by atoms with E-state index >= 15 is 0 Å². The molecule has 26 heavy (non-hydrogen) atoms. The minimum Gasteiger partial charge on any atom is -0.356 e. The molecule has 6 nitrogen and oxygen atoms in total. The Kier molecular flexibility index (Phi) is 8.41. The SMILES string of the molecule is CCCNC(=NCC(=O)N(C)C)NC1CCCN(Cc2ccccc2)C1. The van der Waals surface area contributed by atoms with Gasteiger partial charge in [0.15, 0.2) is 5.96 Å². The first-order valence-corrected chi connectivity index (χ1v) is 9.59. The molecule has 0 saturated carbocycles. The van der Waals surface area contributed by atoms with Crippen LogP contribution in [0.25, 0.3) is 0 Å². The largest absolute Gasteiger partial charge is 0.356 e. The Morgan fingerprint density at radius 3 is 2.77 bits per heavy atom. The molecule has 0 aromatic heterocycles. The number of aliphatic imine (C=N–C) groups is 1. The summed E-state index contributed by atoms with van der Waals surface area (Å²) in [5.41, 5.74) is 1.35. The number of hydrogen-bond donors (Lipinski definition) is 2. The molecule has 0 aliphatic carbocycles. The van der Waals surface area contributed by atoms with Crippen molar-refractivity contribution in [3.8, 4) is 0 Å². The number of likely N-dealkylation sites (N-methyl/N-ethyl adjacent to an activating group) is 1. The van der Waals surface area contributed by atoms with Gasteiger partial charge in [0.2, 0.25) is 5.91 Å². The molecule has 0 spiro atoms. The second kappa shape index (κ2) is 10.8. The summed E-state index contributed by atoms with van der Waals surface area (Å²) in [4.78, 5) is 20.4. The molecule has 1 aromatic carbocycles. The van der Waals surface area contributed by atoms with Gasteiger partial charge in [0.1, 0.15) is 6.54 Å². The van der Waals surface area contributed by atoms with Crippen LogP contribution in [0.2, 0.25) is 0 Å². The summed E-state index contributed by atoms with van der Waals surface area (Å²) < 4.78 is 0. The maximum absolute atomic E-state index is 11.8. The lowest BCUT2D eigenvalue weighted by molar-refractivity contribution is -0.127. The van der Waals surface area contributed by atoms with Crippen LogP contribution in [0.15, 0.2) is 35.3 Å². The minimum absolute atomic E-state index is 0.0111. The molecule has 1 aliphatic rings. The number of carbonyl (C=O) groups is 1. The lowest BCUT2D eigenvalue weighted by Crippen LogP contribution is -2.51. The number of hydrogen-bond acceptors (Lipinski definition) is 3. The predicted molar refractivity (Wildman–Crippen MR) is 107 cm³/mol. The van der Waals surface area contributed by atoms with E-state index in [0.29, 0.717) is 6.04 Å². The highest BCUT2D eigenvalue weighted by molar-refractivity contribution is 5.84. The number of benzene rings is 1. The highest BCUT2D eigenvalue weighted by Crippen LogP contribution is 2.13. The minimum atomic E-state index is 0.0111. The van der Waals surface area contributed by atoms with Crippen molar-refractivity contribution in [2.45, 2.75) is 38.8 Å². The van der Waals surface area contributed by atoms with Gasteiger partial charge in [-0.2, -0.15) is 0 Å². The van der Waals surface area contributed by atoms with Crippen LogP contribution in [0.3, 0.4) is 0 Å². The van der Waals surface area contributed by atoms with E-state index in [1.54, 1.807) is 19.0 Å². The lowest BCUT2D eigenvalue weighted by Gasteiger charge is -2.34. The third-order valence-electron chi connectivity index (χ3n) is 4.51. The molecule has 1 fully saturated rings. The number of nitrogens with zero attached hydrogens (tertiary/aromatic N) is 3. The molecule has 144 valence electrons. The van der Waals surface area contributed by atoms with Gasteiger partial charge >= 0.3 is 0 Å². The fourth-order valence-corrected chi connectivity index (χ4v) is 3.04. The molecule has 2 rings (SSSR count). The quantitative estimate of drug-likeness (QED) is 0.574. The summed E-state index contributed by atoms with van der Waals surface area (Å²) in [7, 11) is 3.51. The number of piperidine rings is 1. The van der Waals surface area contributed by atoms with Crippen LogP contribution >= 0.6 is 0 Å². The normalized spacial score (nSPS) is 18.4. The molecule has 0 bridgehead atoms. The highest BCUT2D eigenvalue weighted by Gasteiger charge is 2.21. The fraction of sp³-hybridized carbons (Fsp3) is 0.600. The first kappa shape index (κ1) is 20.2. The summed E-state index contributed by atoms with van der Waals surface area (Å²) in [6.45, 7) is 6.24. The van der Waals surface area contributed by atoms with Crippen LogP contribution in [0.5, 0.6) is 0 Å². The van der Waals surface area contributed by atoms with E-state index in [9.17, 15) is 4.79 Å². The van der Waals surface area contributed by atoms with E-state index in [1.165, 1.54) is 12.0 Å². The molecule has 2 N–H and O–H groups in total. The molecule has 1 unspecified atom stereocenters. The summed E-state index contributed by atoms with van der Waals surface area (Å²) in [6, 6.07) is 11.0. The van der Waals surface area contributed by atoms with Gasteiger partial charge in [-0.25, -0.2) is 4.99 Å². The molecular weight excluding hydrogens is 326 g/mol. The van der Waals surface area contributed by atoms with Gasteiger partial charge in [0, 0.05) is 39.8 Å². The van der Waals surface area contributed by atoms with Crippen LogP contribution in [-0.4, -0.2) is 68.0 Å². The number of nitrogens with one attached hydrogen (secondary N) is 2. The molecule has 1 aromatic rings. The number of amides is 1. The Labute approximate surface area is 157 Å². The van der Waals surface area contributed by atoms with Crippen molar-refractivity contribution in [2.24, 2.45) is 4.99 Å². The van der Waals surface area contributed by atoms with Gasteiger partial charge in [0.05, 0.1) is 0 Å². The van der Waals surface area contributed by atoms with Crippen molar-refractivity contribution in [1.29, 1.82) is 0 Å². The fourth-order valence-electron chi connectivity index (χ4n) is 3.04. The zero-order valence-electron chi connectivity index (χ0n) is 16.4. The second-order valence-electron chi connectivity index (χ2n) is 7.08. The van der Waals surface area contributed by atoms with Crippen LogP contribution in [0.1, 0.15) is 31.7 Å². The molecule has 6 heteroatoms. The van der Waals surface area contributed by atoms with Crippen molar-refractivity contribution in [1.82, 2.24) is 20.4 Å². The summed E-state index contributed by atoms with van der Waals surface area (Å²) in [5.74, 6) is 0.755. The van der Waals surface area contributed by atoms with E-state index in [2.05, 4.69) is 57.8 Å². The topological polar surface area (TPSA) is 60.0 Å². The van der Waals surface area contributed by atoms with Gasteiger partial charge in [-0.1, -0.05) is 37.3 Å². The molecule has 1 amide bonds. The third kappa shape index (κ3) is 7.04. The molecule has 1 aliphatic heterocycles. The average molecular weight is 360 g/mol. The maximum Gasteiger partial charge on any atom is 0.243 e. The van der Waals surface area contributed by atoms with Gasteiger partial charge in [0.25, 0.3) is 0 Å². The van der Waals surface area contributed by atoms with Crippen molar-refractivity contribution >= 4 is 11.9 Å². The number of carbonyl (C=O) groups excluding carboxylic acids is 1. The summed E-state index contributed by atoms with van der Waals surface area (Å²) in [6.07, 6.45) is 3.31. The number of guanidine groups is 1. The maximum atomic E-state index is 11.8. The Morgan fingerprint density at radius 1 is 1.31 bits per heavy atom. The predicted octanol–water partition coefficient (Wildman–Crippen LogP) is 1.68. The van der Waals surface area contributed by atoms with Gasteiger partial charge in [-0.05, 0) is 31.4 Å². The molecule has 1 atom stereocenters. The van der Waals surface area contributed by atoms with Gasteiger partial charge in [-0.3, -0.25) is 9.69 Å². The van der Waals surface area contributed by atoms with Crippen LogP contribution in [0.4, 0.5) is 0 Å². The number of rotatable bonds is 7. The second-order valence-corrected chi connectivity index (χ2v) is 7.08. The summed E-state index contributed by atoms with van der Waals surface area (Å²) in [5, 5.41) is 6.85. The smallest absolute Gasteiger partial charge is 0.243 e. The molecular formula is C20H33N5O. The van der Waals surface area contributed by atoms with E-state index in [-0.39, 0.29) is 12.5 Å². The van der Waals surface area contributed by atoms with Crippen LogP contribution in [0, 0.1) is 0 Å². The summed E-state index contributed by atoms with van der Waals surface area (Å²) >= 11 is 0. The molecule has 1 saturated heterocycles. The zero-order chi connectivity index (χ0) is 18.8. The Hall–Kier alpha value is -2.08. The Bertz CT molecular complexity index is 573. The van der Waals surface area contributed by atoms with Crippen LogP contribution in [-0.2, 0) is 11.3 Å². The Balaban J connectivity index is 1.91. The molecule has 0 radical (unpaired) electrons. The average Bonchev–Trinajstić information content (AvgIpc) is 2.64. The first-order chi connectivity index (χ1) is 12.6. The van der Waals surface area contributed by atoms with E-state index in [0.717, 1.165) is 45.0 Å². The lowest BCUT2D eigenvalue weighted by atomic mass is 10.0. The van der Waals surface area contributed by atoms with E-state index in [4.69, 9.17) is 0 Å². The highest BCUT2D eigenvalue weighted by atomic mass is 16.2. The van der Waals surface area contributed by atoms with Gasteiger partial charge in [-0.15, -0.1) is 0 Å².